The largest absolute Gasteiger partial charge is 0.504 e. The summed E-state index contributed by atoms with van der Waals surface area (Å²) in [5.41, 5.74) is 1.12. The monoisotopic (exact) mass is 375 g/mol. The van der Waals surface area contributed by atoms with Crippen LogP contribution >= 0.6 is 0 Å². The van der Waals surface area contributed by atoms with Gasteiger partial charge in [-0.3, -0.25) is 0 Å². The van der Waals surface area contributed by atoms with E-state index < -0.39 is 10.0 Å². The first-order chi connectivity index (χ1) is 12.4. The maximum absolute atomic E-state index is 12.3. The van der Waals surface area contributed by atoms with Crippen molar-refractivity contribution in [3.8, 4) is 17.2 Å². The number of amidine groups is 1. The Labute approximate surface area is 151 Å². The zero-order valence-corrected chi connectivity index (χ0v) is 15.2. The van der Waals surface area contributed by atoms with E-state index in [1.807, 2.05) is 0 Å². The quantitative estimate of drug-likeness (QED) is 0.646. The number of sulfonamides is 1. The van der Waals surface area contributed by atoms with E-state index >= 15 is 0 Å². The Morgan fingerprint density at radius 3 is 2.62 bits per heavy atom. The van der Waals surface area contributed by atoms with Gasteiger partial charge in [-0.15, -0.1) is 4.40 Å². The highest BCUT2D eigenvalue weighted by Crippen LogP contribution is 2.31. The maximum Gasteiger partial charge on any atom is 0.285 e. The van der Waals surface area contributed by atoms with Crippen molar-refractivity contribution in [2.24, 2.45) is 9.50 Å². The van der Waals surface area contributed by atoms with Crippen LogP contribution in [0.1, 0.15) is 11.1 Å². The van der Waals surface area contributed by atoms with E-state index in [9.17, 15) is 13.5 Å². The number of aromatic hydroxyl groups is 1. The standard InChI is InChI=1S/C17H17N3O5S/c1-20(18-10-11-4-7-14(21)15(8-11)25-3)17-13-6-5-12(24-2)9-16(13)26(22,23)19-17/h4-10,21H,1-3H3/b18-10+. The van der Waals surface area contributed by atoms with Crippen LogP contribution in [-0.4, -0.2) is 51.9 Å². The molecule has 9 heteroatoms. The van der Waals surface area contributed by atoms with Gasteiger partial charge in [0.2, 0.25) is 0 Å². The van der Waals surface area contributed by atoms with Crippen LogP contribution < -0.4 is 9.47 Å². The van der Waals surface area contributed by atoms with E-state index in [2.05, 4.69) is 9.50 Å². The summed E-state index contributed by atoms with van der Waals surface area (Å²) in [5.74, 6) is 0.984. The Morgan fingerprint density at radius 1 is 1.15 bits per heavy atom. The first kappa shape index (κ1) is 17.7. The maximum atomic E-state index is 12.3. The van der Waals surface area contributed by atoms with Gasteiger partial charge in [0.25, 0.3) is 10.0 Å². The number of phenolic OH excluding ortho intramolecular Hbond substituents is 1. The molecule has 1 aliphatic rings. The third-order valence-corrected chi connectivity index (χ3v) is 5.11. The molecule has 2 aromatic rings. The van der Waals surface area contributed by atoms with Crippen LogP contribution in [0.3, 0.4) is 0 Å². The number of rotatable bonds is 4. The van der Waals surface area contributed by atoms with Crippen LogP contribution in [0.2, 0.25) is 0 Å². The lowest BCUT2D eigenvalue weighted by Gasteiger charge is -2.13. The molecule has 0 aliphatic carbocycles. The fraction of sp³-hybridized carbons (Fsp3) is 0.176. The first-order valence-corrected chi connectivity index (χ1v) is 8.98. The molecule has 0 atom stereocenters. The van der Waals surface area contributed by atoms with Crippen molar-refractivity contribution in [1.82, 2.24) is 5.01 Å². The molecule has 3 rings (SSSR count). The van der Waals surface area contributed by atoms with Gasteiger partial charge in [-0.05, 0) is 35.9 Å². The van der Waals surface area contributed by atoms with Gasteiger partial charge in [0.05, 0.1) is 20.4 Å². The predicted octanol–water partition coefficient (Wildman–Crippen LogP) is 1.82. The van der Waals surface area contributed by atoms with E-state index in [0.717, 1.165) is 0 Å². The third-order valence-electron chi connectivity index (χ3n) is 3.80. The second-order valence-electron chi connectivity index (χ2n) is 5.45. The Bertz CT molecular complexity index is 1020. The molecule has 0 amide bonds. The van der Waals surface area contributed by atoms with Crippen molar-refractivity contribution in [1.29, 1.82) is 0 Å². The topological polar surface area (TPSA) is 101 Å². The van der Waals surface area contributed by atoms with Crippen LogP contribution in [0.25, 0.3) is 0 Å². The van der Waals surface area contributed by atoms with Gasteiger partial charge in [-0.25, -0.2) is 5.01 Å². The van der Waals surface area contributed by atoms with E-state index in [0.29, 0.717) is 22.6 Å². The van der Waals surface area contributed by atoms with E-state index in [1.54, 1.807) is 31.3 Å². The summed E-state index contributed by atoms with van der Waals surface area (Å²) >= 11 is 0. The van der Waals surface area contributed by atoms with E-state index in [4.69, 9.17) is 9.47 Å². The van der Waals surface area contributed by atoms with Crippen LogP contribution in [-0.2, 0) is 10.0 Å². The molecule has 0 fully saturated rings. The Balaban J connectivity index is 1.91. The zero-order chi connectivity index (χ0) is 18.9. The van der Waals surface area contributed by atoms with Crippen molar-refractivity contribution in [3.63, 3.8) is 0 Å². The van der Waals surface area contributed by atoms with E-state index in [-0.39, 0.29) is 16.5 Å². The minimum absolute atomic E-state index is 0.0205. The lowest BCUT2D eigenvalue weighted by atomic mass is 10.2. The van der Waals surface area contributed by atoms with Crippen molar-refractivity contribution in [3.05, 3.63) is 47.5 Å². The van der Waals surface area contributed by atoms with Crippen molar-refractivity contribution < 1.29 is 23.0 Å². The SMILES string of the molecule is COc1ccc2c(c1)S(=O)(=O)N=C2N(C)/N=C/c1ccc(O)c(OC)c1. The molecule has 0 saturated carbocycles. The molecule has 0 bridgehead atoms. The van der Waals surface area contributed by atoms with Crippen molar-refractivity contribution in [2.75, 3.05) is 21.3 Å². The van der Waals surface area contributed by atoms with Crippen molar-refractivity contribution >= 4 is 22.1 Å². The minimum Gasteiger partial charge on any atom is -0.504 e. The number of fused-ring (bicyclic) bond motifs is 1. The van der Waals surface area contributed by atoms with Gasteiger partial charge < -0.3 is 14.6 Å². The van der Waals surface area contributed by atoms with Gasteiger partial charge in [0.15, 0.2) is 17.3 Å². The number of ether oxygens (including phenoxy) is 2. The molecule has 0 spiro atoms. The summed E-state index contributed by atoms with van der Waals surface area (Å²) in [6, 6.07) is 9.48. The second kappa shape index (κ2) is 6.68. The highest BCUT2D eigenvalue weighted by Gasteiger charge is 2.31. The summed E-state index contributed by atoms with van der Waals surface area (Å²) < 4.78 is 38.5. The summed E-state index contributed by atoms with van der Waals surface area (Å²) in [5, 5.41) is 15.2. The lowest BCUT2D eigenvalue weighted by molar-refractivity contribution is 0.373. The molecule has 0 saturated heterocycles. The summed E-state index contributed by atoms with van der Waals surface area (Å²) in [6.07, 6.45) is 1.51. The molecule has 0 unspecified atom stereocenters. The number of nitrogens with zero attached hydrogens (tertiary/aromatic N) is 3. The number of methoxy groups -OCH3 is 2. The van der Waals surface area contributed by atoms with Gasteiger partial charge in [0.1, 0.15) is 10.6 Å². The number of hydrogen-bond acceptors (Lipinski definition) is 7. The van der Waals surface area contributed by atoms with Gasteiger partial charge in [0, 0.05) is 18.7 Å². The molecule has 0 aromatic heterocycles. The van der Waals surface area contributed by atoms with Gasteiger partial charge in [-0.2, -0.15) is 13.5 Å². The minimum atomic E-state index is -3.79. The number of hydrazone groups is 1. The number of benzene rings is 2. The third kappa shape index (κ3) is 3.21. The highest BCUT2D eigenvalue weighted by atomic mass is 32.2. The van der Waals surface area contributed by atoms with Crippen LogP contribution in [0.4, 0.5) is 0 Å². The molecular weight excluding hydrogens is 358 g/mol. The summed E-state index contributed by atoms with van der Waals surface area (Å²) in [6.45, 7) is 0. The van der Waals surface area contributed by atoms with E-state index in [1.165, 1.54) is 37.6 Å². The van der Waals surface area contributed by atoms with Crippen LogP contribution in [0.15, 0.2) is 50.8 Å². The molecule has 8 nitrogen and oxygen atoms in total. The summed E-state index contributed by atoms with van der Waals surface area (Å²) in [7, 11) is 0.722. The highest BCUT2D eigenvalue weighted by molar-refractivity contribution is 7.90. The van der Waals surface area contributed by atoms with Gasteiger partial charge in [-0.1, -0.05) is 0 Å². The predicted molar refractivity (Wildman–Crippen MR) is 96.7 cm³/mol. The smallest absolute Gasteiger partial charge is 0.285 e. The fourth-order valence-corrected chi connectivity index (χ4v) is 3.70. The molecule has 1 N–H and O–H groups in total. The molecule has 1 aliphatic heterocycles. The average Bonchev–Trinajstić information content (AvgIpc) is 2.91. The number of phenols is 1. The Hall–Kier alpha value is -3.07. The number of hydrogen-bond donors (Lipinski definition) is 1. The fourth-order valence-electron chi connectivity index (χ4n) is 2.46. The zero-order valence-electron chi connectivity index (χ0n) is 14.4. The Kier molecular flexibility index (Phi) is 4.56. The van der Waals surface area contributed by atoms with Crippen LogP contribution in [0.5, 0.6) is 17.2 Å². The molecule has 1 heterocycles. The molecule has 26 heavy (non-hydrogen) atoms. The molecule has 0 radical (unpaired) electrons. The van der Waals surface area contributed by atoms with Crippen molar-refractivity contribution in [2.45, 2.75) is 4.90 Å². The molecular formula is C17H17N3O5S. The average molecular weight is 375 g/mol. The van der Waals surface area contributed by atoms with Crippen LogP contribution in [0, 0.1) is 0 Å². The lowest BCUT2D eigenvalue weighted by Crippen LogP contribution is -2.21. The normalized spacial score (nSPS) is 14.8. The second-order valence-corrected chi connectivity index (χ2v) is 7.02. The first-order valence-electron chi connectivity index (χ1n) is 7.54. The van der Waals surface area contributed by atoms with Gasteiger partial charge >= 0.3 is 0 Å². The summed E-state index contributed by atoms with van der Waals surface area (Å²) in [4.78, 5) is 0.0835. The molecule has 2 aromatic carbocycles. The molecule has 136 valence electrons. The Morgan fingerprint density at radius 2 is 1.92 bits per heavy atom.